The lowest BCUT2D eigenvalue weighted by molar-refractivity contribution is -0.129. The second-order valence-corrected chi connectivity index (χ2v) is 6.48. The second kappa shape index (κ2) is 6.56. The number of rotatable bonds is 6. The van der Waals surface area contributed by atoms with Crippen LogP contribution in [0.1, 0.15) is 32.1 Å². The third-order valence-corrected chi connectivity index (χ3v) is 4.75. The summed E-state index contributed by atoms with van der Waals surface area (Å²) in [4.78, 5) is 20.6. The van der Waals surface area contributed by atoms with E-state index < -0.39 is 0 Å². The molecule has 1 atom stereocenters. The van der Waals surface area contributed by atoms with Crippen LogP contribution in [0.2, 0.25) is 0 Å². The molecule has 1 amide bonds. The van der Waals surface area contributed by atoms with Crippen molar-refractivity contribution in [1.82, 2.24) is 24.6 Å². The van der Waals surface area contributed by atoms with Crippen LogP contribution in [0.5, 0.6) is 0 Å². The summed E-state index contributed by atoms with van der Waals surface area (Å²) in [6.07, 6.45) is 9.03. The van der Waals surface area contributed by atoms with Gasteiger partial charge in [0.2, 0.25) is 5.91 Å². The van der Waals surface area contributed by atoms with Gasteiger partial charge in [0.05, 0.1) is 6.54 Å². The molecular formula is C15H25N5O. The van der Waals surface area contributed by atoms with Gasteiger partial charge in [-0.1, -0.05) is 12.8 Å². The van der Waals surface area contributed by atoms with Gasteiger partial charge in [-0.3, -0.25) is 9.48 Å². The lowest BCUT2D eigenvalue weighted by Crippen LogP contribution is -2.35. The van der Waals surface area contributed by atoms with Crippen LogP contribution < -0.4 is 0 Å². The highest BCUT2D eigenvalue weighted by Gasteiger charge is 2.35. The SMILES string of the molecule is CN(CCn1cncn1)CC1CC(=O)N(C2CCCC2)C1. The Kier molecular flexibility index (Phi) is 4.53. The minimum absolute atomic E-state index is 0.372. The molecule has 0 bridgehead atoms. The maximum atomic E-state index is 12.2. The third kappa shape index (κ3) is 3.61. The summed E-state index contributed by atoms with van der Waals surface area (Å²) in [5, 5.41) is 4.11. The molecule has 1 aliphatic carbocycles. The first-order valence-corrected chi connectivity index (χ1v) is 8.03. The molecule has 0 spiro atoms. The van der Waals surface area contributed by atoms with Crippen molar-refractivity contribution in [1.29, 1.82) is 0 Å². The fourth-order valence-electron chi connectivity index (χ4n) is 3.65. The van der Waals surface area contributed by atoms with Crippen LogP contribution in [0.15, 0.2) is 12.7 Å². The minimum atomic E-state index is 0.372. The number of aromatic nitrogens is 3. The number of hydrogen-bond donors (Lipinski definition) is 0. The van der Waals surface area contributed by atoms with E-state index >= 15 is 0 Å². The van der Waals surface area contributed by atoms with Crippen molar-refractivity contribution in [3.05, 3.63) is 12.7 Å². The van der Waals surface area contributed by atoms with E-state index in [2.05, 4.69) is 26.9 Å². The van der Waals surface area contributed by atoms with E-state index in [9.17, 15) is 4.79 Å². The highest BCUT2D eigenvalue weighted by atomic mass is 16.2. The maximum Gasteiger partial charge on any atom is 0.223 e. The van der Waals surface area contributed by atoms with E-state index in [-0.39, 0.29) is 0 Å². The third-order valence-electron chi connectivity index (χ3n) is 4.75. The van der Waals surface area contributed by atoms with Crippen LogP contribution in [-0.2, 0) is 11.3 Å². The molecule has 2 fully saturated rings. The first kappa shape index (κ1) is 14.5. The van der Waals surface area contributed by atoms with Gasteiger partial charge in [-0.2, -0.15) is 5.10 Å². The number of likely N-dealkylation sites (N-methyl/N-ethyl adjacent to an activating group) is 1. The van der Waals surface area contributed by atoms with Gasteiger partial charge in [0.25, 0.3) is 0 Å². The van der Waals surface area contributed by atoms with Gasteiger partial charge in [0, 0.05) is 32.1 Å². The van der Waals surface area contributed by atoms with Crippen LogP contribution in [0.4, 0.5) is 0 Å². The molecule has 1 saturated carbocycles. The van der Waals surface area contributed by atoms with E-state index in [1.165, 1.54) is 25.7 Å². The summed E-state index contributed by atoms with van der Waals surface area (Å²) >= 11 is 0. The fourth-order valence-corrected chi connectivity index (χ4v) is 3.65. The summed E-state index contributed by atoms with van der Waals surface area (Å²) in [7, 11) is 2.12. The molecule has 1 saturated heterocycles. The topological polar surface area (TPSA) is 54.3 Å². The number of hydrogen-bond acceptors (Lipinski definition) is 4. The molecule has 2 heterocycles. The molecule has 3 rings (SSSR count). The van der Waals surface area contributed by atoms with E-state index in [0.717, 1.165) is 32.6 Å². The van der Waals surface area contributed by atoms with Crippen molar-refractivity contribution < 1.29 is 4.79 Å². The average molecular weight is 291 g/mol. The molecule has 6 heteroatoms. The number of carbonyl (C=O) groups excluding carboxylic acids is 1. The zero-order chi connectivity index (χ0) is 14.7. The highest BCUT2D eigenvalue weighted by molar-refractivity contribution is 5.79. The molecule has 0 aromatic carbocycles. The Balaban J connectivity index is 1.43. The first-order chi connectivity index (χ1) is 10.2. The largest absolute Gasteiger partial charge is 0.339 e. The van der Waals surface area contributed by atoms with Crippen molar-refractivity contribution in [2.75, 3.05) is 26.7 Å². The second-order valence-electron chi connectivity index (χ2n) is 6.48. The summed E-state index contributed by atoms with van der Waals surface area (Å²) in [5.74, 6) is 0.857. The zero-order valence-corrected chi connectivity index (χ0v) is 12.8. The Hall–Kier alpha value is -1.43. The molecule has 0 radical (unpaired) electrons. The maximum absolute atomic E-state index is 12.2. The Morgan fingerprint density at radius 2 is 2.19 bits per heavy atom. The quantitative estimate of drug-likeness (QED) is 0.784. The van der Waals surface area contributed by atoms with Gasteiger partial charge in [-0.15, -0.1) is 0 Å². The van der Waals surface area contributed by atoms with E-state index in [1.54, 1.807) is 12.7 Å². The van der Waals surface area contributed by atoms with Crippen LogP contribution in [0, 0.1) is 5.92 Å². The monoisotopic (exact) mass is 291 g/mol. The molecule has 1 unspecified atom stereocenters. The highest BCUT2D eigenvalue weighted by Crippen LogP contribution is 2.29. The van der Waals surface area contributed by atoms with Gasteiger partial charge in [0.1, 0.15) is 12.7 Å². The van der Waals surface area contributed by atoms with Crippen molar-refractivity contribution in [2.45, 2.75) is 44.7 Å². The molecule has 1 aromatic heterocycles. The number of amides is 1. The van der Waals surface area contributed by atoms with Gasteiger partial charge in [0.15, 0.2) is 0 Å². The standard InChI is InChI=1S/C15H25N5O/c1-18(6-7-19-12-16-11-17-19)9-13-8-15(21)20(10-13)14-4-2-3-5-14/h11-14H,2-10H2,1H3. The Labute approximate surface area is 126 Å². The zero-order valence-electron chi connectivity index (χ0n) is 12.8. The normalized spacial score (nSPS) is 23.6. The van der Waals surface area contributed by atoms with E-state index in [1.807, 2.05) is 4.68 Å². The first-order valence-electron chi connectivity index (χ1n) is 8.03. The molecule has 1 aliphatic heterocycles. The molecule has 1 aromatic rings. The molecule has 116 valence electrons. The molecule has 2 aliphatic rings. The lowest BCUT2D eigenvalue weighted by Gasteiger charge is -2.25. The summed E-state index contributed by atoms with van der Waals surface area (Å²) in [5.41, 5.74) is 0. The summed E-state index contributed by atoms with van der Waals surface area (Å²) in [6.45, 7) is 3.74. The predicted molar refractivity (Wildman–Crippen MR) is 79.6 cm³/mol. The van der Waals surface area contributed by atoms with E-state index in [0.29, 0.717) is 17.9 Å². The molecular weight excluding hydrogens is 266 g/mol. The number of likely N-dealkylation sites (tertiary alicyclic amines) is 1. The van der Waals surface area contributed by atoms with Crippen LogP contribution >= 0.6 is 0 Å². The molecule has 21 heavy (non-hydrogen) atoms. The van der Waals surface area contributed by atoms with Gasteiger partial charge >= 0.3 is 0 Å². The van der Waals surface area contributed by atoms with Gasteiger partial charge in [-0.05, 0) is 25.8 Å². The van der Waals surface area contributed by atoms with Crippen LogP contribution in [-0.4, -0.2) is 63.2 Å². The van der Waals surface area contributed by atoms with Crippen molar-refractivity contribution in [3.63, 3.8) is 0 Å². The van der Waals surface area contributed by atoms with Gasteiger partial charge in [-0.25, -0.2) is 4.98 Å². The number of carbonyl (C=O) groups is 1. The molecule has 6 nitrogen and oxygen atoms in total. The number of nitrogens with zero attached hydrogens (tertiary/aromatic N) is 5. The smallest absolute Gasteiger partial charge is 0.223 e. The Bertz CT molecular complexity index is 455. The van der Waals surface area contributed by atoms with Crippen molar-refractivity contribution in [2.24, 2.45) is 5.92 Å². The van der Waals surface area contributed by atoms with E-state index in [4.69, 9.17) is 0 Å². The summed E-state index contributed by atoms with van der Waals surface area (Å²) in [6, 6.07) is 0.531. The van der Waals surface area contributed by atoms with Gasteiger partial charge < -0.3 is 9.80 Å². The van der Waals surface area contributed by atoms with Crippen molar-refractivity contribution >= 4 is 5.91 Å². The predicted octanol–water partition coefficient (Wildman–Crippen LogP) is 1.00. The lowest BCUT2D eigenvalue weighted by atomic mass is 10.1. The fraction of sp³-hybridized carbons (Fsp3) is 0.800. The van der Waals surface area contributed by atoms with Crippen LogP contribution in [0.3, 0.4) is 0 Å². The Morgan fingerprint density at radius 1 is 1.38 bits per heavy atom. The molecule has 0 N–H and O–H groups in total. The Morgan fingerprint density at radius 3 is 2.90 bits per heavy atom. The summed E-state index contributed by atoms with van der Waals surface area (Å²) < 4.78 is 1.85. The minimum Gasteiger partial charge on any atom is -0.339 e. The van der Waals surface area contributed by atoms with Crippen LogP contribution in [0.25, 0.3) is 0 Å². The van der Waals surface area contributed by atoms with Crippen molar-refractivity contribution in [3.8, 4) is 0 Å². The average Bonchev–Trinajstić information content (AvgIpc) is 3.18.